The molecule has 0 amide bonds. The van der Waals surface area contributed by atoms with Crippen LogP contribution in [0.1, 0.15) is 19.3 Å². The van der Waals surface area contributed by atoms with Gasteiger partial charge in [0.25, 0.3) is 0 Å². The van der Waals surface area contributed by atoms with Gasteiger partial charge in [-0.3, -0.25) is 0 Å². The molecule has 2 aliphatic carbocycles. The number of hydrogen-bond donors (Lipinski definition) is 0. The molecule has 2 unspecified atom stereocenters. The molecule has 11 heavy (non-hydrogen) atoms. The summed E-state index contributed by atoms with van der Waals surface area (Å²) in [6, 6.07) is 4.52. The van der Waals surface area contributed by atoms with Crippen molar-refractivity contribution in [1.82, 2.24) is 0 Å². The SMILES string of the molecule is N#CC1CC2=CCC1(C#N)C2. The summed E-state index contributed by atoms with van der Waals surface area (Å²) in [6.45, 7) is 0. The van der Waals surface area contributed by atoms with Crippen molar-refractivity contribution in [2.24, 2.45) is 11.3 Å². The van der Waals surface area contributed by atoms with E-state index < -0.39 is 0 Å². The number of rotatable bonds is 0. The highest BCUT2D eigenvalue weighted by Gasteiger charge is 2.48. The lowest BCUT2D eigenvalue weighted by molar-refractivity contribution is 0.355. The van der Waals surface area contributed by atoms with Gasteiger partial charge in [-0.05, 0) is 19.3 Å². The molecule has 0 spiro atoms. The molecule has 0 aromatic rings. The fourth-order valence-corrected chi connectivity index (χ4v) is 2.09. The maximum atomic E-state index is 8.91. The Morgan fingerprint density at radius 2 is 2.36 bits per heavy atom. The Morgan fingerprint density at radius 3 is 2.82 bits per heavy atom. The fraction of sp³-hybridized carbons (Fsp3) is 0.556. The minimum atomic E-state index is -0.329. The van der Waals surface area contributed by atoms with Crippen molar-refractivity contribution in [1.29, 1.82) is 10.5 Å². The molecule has 2 atom stereocenters. The molecule has 2 heteroatoms. The van der Waals surface area contributed by atoms with E-state index >= 15 is 0 Å². The van der Waals surface area contributed by atoms with Crippen LogP contribution in [-0.4, -0.2) is 0 Å². The fourth-order valence-electron chi connectivity index (χ4n) is 2.09. The molecule has 0 heterocycles. The molecule has 2 rings (SSSR count). The van der Waals surface area contributed by atoms with E-state index in [1.807, 2.05) is 0 Å². The van der Waals surface area contributed by atoms with E-state index in [2.05, 4.69) is 18.2 Å². The molecule has 0 saturated heterocycles. The minimum absolute atomic E-state index is 0.0347. The summed E-state index contributed by atoms with van der Waals surface area (Å²) in [4.78, 5) is 0. The van der Waals surface area contributed by atoms with E-state index in [1.165, 1.54) is 5.57 Å². The second-order valence-electron chi connectivity index (χ2n) is 3.40. The maximum absolute atomic E-state index is 8.91. The Balaban J connectivity index is 2.39. The van der Waals surface area contributed by atoms with Crippen LogP contribution >= 0.6 is 0 Å². The Bertz CT molecular complexity index is 303. The highest BCUT2D eigenvalue weighted by Crippen LogP contribution is 2.53. The molecular formula is C9H8N2. The lowest BCUT2D eigenvalue weighted by Crippen LogP contribution is -2.20. The van der Waals surface area contributed by atoms with Crippen molar-refractivity contribution < 1.29 is 0 Å². The van der Waals surface area contributed by atoms with Crippen molar-refractivity contribution in [3.63, 3.8) is 0 Å². The molecule has 0 radical (unpaired) electrons. The van der Waals surface area contributed by atoms with E-state index in [1.54, 1.807) is 0 Å². The third-order valence-corrected chi connectivity index (χ3v) is 2.81. The van der Waals surface area contributed by atoms with Gasteiger partial charge in [0.15, 0.2) is 0 Å². The normalized spacial score (nSPS) is 39.5. The molecule has 2 nitrogen and oxygen atoms in total. The zero-order valence-electron chi connectivity index (χ0n) is 6.17. The van der Waals surface area contributed by atoms with Gasteiger partial charge in [-0.25, -0.2) is 0 Å². The first-order valence-corrected chi connectivity index (χ1v) is 3.79. The van der Waals surface area contributed by atoms with Crippen molar-refractivity contribution in [2.75, 3.05) is 0 Å². The second-order valence-corrected chi connectivity index (χ2v) is 3.40. The summed E-state index contributed by atoms with van der Waals surface area (Å²) >= 11 is 0. The van der Waals surface area contributed by atoms with Crippen LogP contribution in [-0.2, 0) is 0 Å². The molecule has 2 aliphatic rings. The number of nitriles is 2. The zero-order valence-corrected chi connectivity index (χ0v) is 6.17. The lowest BCUT2D eigenvalue weighted by Gasteiger charge is -2.20. The number of fused-ring (bicyclic) bond motifs is 2. The van der Waals surface area contributed by atoms with E-state index in [4.69, 9.17) is 10.5 Å². The summed E-state index contributed by atoms with van der Waals surface area (Å²) in [7, 11) is 0. The molecule has 0 aromatic heterocycles. The van der Waals surface area contributed by atoms with Crippen molar-refractivity contribution in [3.8, 4) is 12.1 Å². The largest absolute Gasteiger partial charge is 0.198 e. The molecular weight excluding hydrogens is 136 g/mol. The highest BCUT2D eigenvalue weighted by molar-refractivity contribution is 5.32. The summed E-state index contributed by atoms with van der Waals surface area (Å²) in [6.07, 6.45) is 4.61. The van der Waals surface area contributed by atoms with E-state index in [0.717, 1.165) is 19.3 Å². The summed E-state index contributed by atoms with van der Waals surface area (Å²) < 4.78 is 0. The smallest absolute Gasteiger partial charge is 0.0806 e. The molecule has 1 saturated carbocycles. The monoisotopic (exact) mass is 144 g/mol. The van der Waals surface area contributed by atoms with Crippen LogP contribution in [0.2, 0.25) is 0 Å². The van der Waals surface area contributed by atoms with Crippen molar-refractivity contribution in [2.45, 2.75) is 19.3 Å². The van der Waals surface area contributed by atoms with Crippen molar-refractivity contribution in [3.05, 3.63) is 11.6 Å². The molecule has 0 aliphatic heterocycles. The molecule has 1 fully saturated rings. The molecule has 2 bridgehead atoms. The molecule has 54 valence electrons. The van der Waals surface area contributed by atoms with Gasteiger partial charge in [0.05, 0.1) is 23.5 Å². The Labute approximate surface area is 65.7 Å². The summed E-state index contributed by atoms with van der Waals surface area (Å²) in [5.74, 6) is -0.0347. The van der Waals surface area contributed by atoms with Gasteiger partial charge in [-0.15, -0.1) is 0 Å². The molecule has 0 N–H and O–H groups in total. The van der Waals surface area contributed by atoms with Gasteiger partial charge >= 0.3 is 0 Å². The van der Waals surface area contributed by atoms with Gasteiger partial charge < -0.3 is 0 Å². The summed E-state index contributed by atoms with van der Waals surface area (Å²) in [5, 5.41) is 17.7. The Hall–Kier alpha value is -1.28. The topological polar surface area (TPSA) is 47.6 Å². The standard InChI is InChI=1S/C9H8N2/c10-5-8-3-7-1-2-9(8,4-7)6-11/h1,8H,2-4H2. The zero-order chi connectivity index (χ0) is 7.90. The average Bonchev–Trinajstić information content (AvgIpc) is 2.60. The van der Waals surface area contributed by atoms with Crippen LogP contribution in [0.15, 0.2) is 11.6 Å². The molecule has 0 aromatic carbocycles. The van der Waals surface area contributed by atoms with Crippen LogP contribution in [0.5, 0.6) is 0 Å². The van der Waals surface area contributed by atoms with E-state index in [9.17, 15) is 0 Å². The average molecular weight is 144 g/mol. The number of nitrogens with zero attached hydrogens (tertiary/aromatic N) is 2. The van der Waals surface area contributed by atoms with Gasteiger partial charge in [0.1, 0.15) is 0 Å². The van der Waals surface area contributed by atoms with Crippen LogP contribution < -0.4 is 0 Å². The quantitative estimate of drug-likeness (QED) is 0.486. The van der Waals surface area contributed by atoms with Crippen LogP contribution in [0.25, 0.3) is 0 Å². The first kappa shape index (κ1) is 6.43. The van der Waals surface area contributed by atoms with E-state index in [-0.39, 0.29) is 11.3 Å². The van der Waals surface area contributed by atoms with Gasteiger partial charge in [0, 0.05) is 0 Å². The number of hydrogen-bond acceptors (Lipinski definition) is 2. The Morgan fingerprint density at radius 1 is 1.55 bits per heavy atom. The van der Waals surface area contributed by atoms with Crippen LogP contribution in [0.3, 0.4) is 0 Å². The van der Waals surface area contributed by atoms with Crippen molar-refractivity contribution >= 4 is 0 Å². The van der Waals surface area contributed by atoms with Crippen LogP contribution in [0.4, 0.5) is 0 Å². The van der Waals surface area contributed by atoms with Gasteiger partial charge in [0.2, 0.25) is 0 Å². The third kappa shape index (κ3) is 0.644. The van der Waals surface area contributed by atoms with E-state index in [0.29, 0.717) is 0 Å². The number of allylic oxidation sites excluding steroid dienone is 2. The van der Waals surface area contributed by atoms with Gasteiger partial charge in [-0.2, -0.15) is 10.5 Å². The van der Waals surface area contributed by atoms with Gasteiger partial charge in [-0.1, -0.05) is 11.6 Å². The predicted molar refractivity (Wildman–Crippen MR) is 39.1 cm³/mol. The lowest BCUT2D eigenvalue weighted by atomic mass is 9.78. The summed E-state index contributed by atoms with van der Waals surface area (Å²) in [5.41, 5.74) is 0.988. The minimum Gasteiger partial charge on any atom is -0.198 e. The highest BCUT2D eigenvalue weighted by atomic mass is 14.5. The first-order chi connectivity index (χ1) is 5.30. The van der Waals surface area contributed by atoms with Crippen LogP contribution in [0, 0.1) is 34.0 Å². The third-order valence-electron chi connectivity index (χ3n) is 2.81. The second kappa shape index (κ2) is 1.86. The maximum Gasteiger partial charge on any atom is 0.0806 e. The Kier molecular flexibility index (Phi) is 1.09. The predicted octanol–water partition coefficient (Wildman–Crippen LogP) is 1.76. The first-order valence-electron chi connectivity index (χ1n) is 3.79.